The van der Waals surface area contributed by atoms with E-state index in [1.807, 2.05) is 0 Å². The predicted molar refractivity (Wildman–Crippen MR) is 90.1 cm³/mol. The van der Waals surface area contributed by atoms with Crippen LogP contribution in [0.25, 0.3) is 0 Å². The maximum atomic E-state index is 10.5. The minimum atomic E-state index is -0.203. The summed E-state index contributed by atoms with van der Waals surface area (Å²) in [6, 6.07) is 0. The van der Waals surface area contributed by atoms with Gasteiger partial charge in [-0.15, -0.1) is 0 Å². The van der Waals surface area contributed by atoms with E-state index in [2.05, 4.69) is 43.4 Å². The van der Waals surface area contributed by atoms with Crippen molar-refractivity contribution in [2.45, 2.75) is 71.1 Å². The van der Waals surface area contributed by atoms with Crippen molar-refractivity contribution in [1.29, 1.82) is 0 Å². The van der Waals surface area contributed by atoms with Crippen molar-refractivity contribution in [2.75, 3.05) is 0 Å². The lowest BCUT2D eigenvalue weighted by molar-refractivity contribution is -0.111. The lowest BCUT2D eigenvalue weighted by Gasteiger charge is -1.97. The van der Waals surface area contributed by atoms with Gasteiger partial charge >= 0.3 is 0 Å². The van der Waals surface area contributed by atoms with Gasteiger partial charge in [-0.25, -0.2) is 0 Å². The predicted octanol–water partition coefficient (Wildman–Crippen LogP) is 6.34. The molecule has 0 bridgehead atoms. The normalized spacial score (nSPS) is 12.1. The van der Waals surface area contributed by atoms with E-state index in [1.54, 1.807) is 0 Å². The van der Waals surface area contributed by atoms with Gasteiger partial charge in [0.2, 0.25) is 5.24 Å². The van der Waals surface area contributed by atoms with Gasteiger partial charge in [-0.2, -0.15) is 0 Å². The average molecular weight is 297 g/mol. The van der Waals surface area contributed by atoms with E-state index in [-0.39, 0.29) is 5.24 Å². The quantitative estimate of drug-likeness (QED) is 0.220. The molecular formula is C18H29ClO. The molecule has 0 aliphatic carbocycles. The maximum absolute atomic E-state index is 10.5. The van der Waals surface area contributed by atoms with Crippen LogP contribution in [0.2, 0.25) is 0 Å². The van der Waals surface area contributed by atoms with Gasteiger partial charge in [0.1, 0.15) is 0 Å². The number of carbonyl (C=O) groups excluding carboxylic acids is 1. The second kappa shape index (κ2) is 16.2. The molecule has 0 atom stereocenters. The molecule has 0 amide bonds. The van der Waals surface area contributed by atoms with Crippen LogP contribution in [-0.4, -0.2) is 5.24 Å². The summed E-state index contributed by atoms with van der Waals surface area (Å²) in [4.78, 5) is 10.5. The molecule has 0 spiro atoms. The summed E-state index contributed by atoms with van der Waals surface area (Å²) in [5.74, 6) is 0. The highest BCUT2D eigenvalue weighted by atomic mass is 35.5. The number of carbonyl (C=O) groups is 1. The van der Waals surface area contributed by atoms with E-state index in [9.17, 15) is 4.79 Å². The van der Waals surface area contributed by atoms with Crippen molar-refractivity contribution in [3.05, 3.63) is 36.5 Å². The molecule has 0 aliphatic heterocycles. The highest BCUT2D eigenvalue weighted by Gasteiger charge is 1.95. The molecule has 1 nitrogen and oxygen atoms in total. The third kappa shape index (κ3) is 17.2. The van der Waals surface area contributed by atoms with Crippen LogP contribution in [0.4, 0.5) is 0 Å². The van der Waals surface area contributed by atoms with E-state index in [4.69, 9.17) is 11.6 Å². The zero-order valence-electron chi connectivity index (χ0n) is 12.8. The summed E-state index contributed by atoms with van der Waals surface area (Å²) in [7, 11) is 0. The number of rotatable bonds is 13. The van der Waals surface area contributed by atoms with E-state index >= 15 is 0 Å². The van der Waals surface area contributed by atoms with Crippen LogP contribution in [0.1, 0.15) is 71.1 Å². The van der Waals surface area contributed by atoms with Crippen molar-refractivity contribution in [3.63, 3.8) is 0 Å². The first-order valence-electron chi connectivity index (χ1n) is 7.90. The van der Waals surface area contributed by atoms with Crippen LogP contribution < -0.4 is 0 Å². The number of allylic oxidation sites excluding steroid dienone is 6. The van der Waals surface area contributed by atoms with Gasteiger partial charge in [0.25, 0.3) is 0 Å². The summed E-state index contributed by atoms with van der Waals surface area (Å²) in [5.41, 5.74) is 0. The van der Waals surface area contributed by atoms with E-state index < -0.39 is 0 Å². The van der Waals surface area contributed by atoms with E-state index in [0.29, 0.717) is 6.42 Å². The molecule has 0 aromatic carbocycles. The Morgan fingerprint density at radius 2 is 1.35 bits per heavy atom. The molecule has 0 heterocycles. The summed E-state index contributed by atoms with van der Waals surface area (Å²) in [5, 5.41) is -0.203. The summed E-state index contributed by atoms with van der Waals surface area (Å²) < 4.78 is 0. The minimum Gasteiger partial charge on any atom is -0.281 e. The van der Waals surface area contributed by atoms with E-state index in [1.165, 1.54) is 19.3 Å². The van der Waals surface area contributed by atoms with Crippen molar-refractivity contribution >= 4 is 16.8 Å². The maximum Gasteiger partial charge on any atom is 0.221 e. The first-order valence-corrected chi connectivity index (χ1v) is 8.28. The fourth-order valence-corrected chi connectivity index (χ4v) is 2.02. The lowest BCUT2D eigenvalue weighted by Crippen LogP contribution is -1.86. The van der Waals surface area contributed by atoms with Crippen LogP contribution >= 0.6 is 11.6 Å². The van der Waals surface area contributed by atoms with Gasteiger partial charge in [0.15, 0.2) is 0 Å². The van der Waals surface area contributed by atoms with Crippen LogP contribution in [0.5, 0.6) is 0 Å². The molecule has 0 saturated heterocycles. The van der Waals surface area contributed by atoms with Crippen molar-refractivity contribution in [3.8, 4) is 0 Å². The molecule has 2 heteroatoms. The molecule has 0 aromatic heterocycles. The molecule has 114 valence electrons. The molecule has 0 unspecified atom stereocenters. The Balaban J connectivity index is 3.23. The molecular weight excluding hydrogens is 268 g/mol. The number of unbranched alkanes of at least 4 members (excludes halogenated alkanes) is 5. The second-order valence-corrected chi connectivity index (χ2v) is 5.38. The number of hydrogen-bond donors (Lipinski definition) is 0. The molecule has 0 N–H and O–H groups in total. The molecule has 0 aromatic rings. The van der Waals surface area contributed by atoms with Crippen molar-refractivity contribution < 1.29 is 4.79 Å². The Hall–Kier alpha value is -0.820. The summed E-state index contributed by atoms with van der Waals surface area (Å²) in [6.07, 6.45) is 24.0. The molecule has 0 radical (unpaired) electrons. The SMILES string of the molecule is CC/C=C\C/C=C\C/C=C\CCCCCCCC(=O)Cl. The molecule has 0 aliphatic rings. The second-order valence-electron chi connectivity index (χ2n) is 4.96. The standard InChI is InChI=1S/C18H29ClO/c1-2-3-4-5-6-7-8-9-10-11-12-13-14-15-16-17-18(19)20/h3-4,6-7,9-10H,2,5,8,11-17H2,1H3/b4-3-,7-6-,10-9-. The largest absolute Gasteiger partial charge is 0.281 e. The van der Waals surface area contributed by atoms with E-state index in [0.717, 1.165) is 38.5 Å². The fraction of sp³-hybridized carbons (Fsp3) is 0.611. The third-order valence-electron chi connectivity index (χ3n) is 3.02. The lowest BCUT2D eigenvalue weighted by atomic mass is 10.1. The Morgan fingerprint density at radius 3 is 2.00 bits per heavy atom. The zero-order chi connectivity index (χ0) is 14.9. The van der Waals surface area contributed by atoms with Gasteiger partial charge in [-0.1, -0.05) is 62.6 Å². The Kier molecular flexibility index (Phi) is 15.6. The topological polar surface area (TPSA) is 17.1 Å². The fourth-order valence-electron chi connectivity index (χ4n) is 1.88. The summed E-state index contributed by atoms with van der Waals surface area (Å²) in [6.45, 7) is 2.15. The van der Waals surface area contributed by atoms with Crippen LogP contribution in [0, 0.1) is 0 Å². The molecule has 0 rings (SSSR count). The monoisotopic (exact) mass is 296 g/mol. The average Bonchev–Trinajstić information content (AvgIpc) is 2.43. The number of hydrogen-bond acceptors (Lipinski definition) is 1. The zero-order valence-corrected chi connectivity index (χ0v) is 13.6. The highest BCUT2D eigenvalue weighted by molar-refractivity contribution is 6.63. The minimum absolute atomic E-state index is 0.203. The van der Waals surface area contributed by atoms with Crippen LogP contribution in [0.3, 0.4) is 0 Å². The number of halogens is 1. The van der Waals surface area contributed by atoms with Gasteiger partial charge in [-0.05, 0) is 50.1 Å². The van der Waals surface area contributed by atoms with Gasteiger partial charge < -0.3 is 0 Å². The molecule has 0 fully saturated rings. The Morgan fingerprint density at radius 1 is 0.800 bits per heavy atom. The Bertz CT molecular complexity index is 303. The molecule has 0 saturated carbocycles. The first kappa shape index (κ1) is 19.2. The van der Waals surface area contributed by atoms with Crippen molar-refractivity contribution in [1.82, 2.24) is 0 Å². The highest BCUT2D eigenvalue weighted by Crippen LogP contribution is 2.08. The first-order chi connectivity index (χ1) is 9.77. The van der Waals surface area contributed by atoms with Gasteiger partial charge in [0.05, 0.1) is 0 Å². The smallest absolute Gasteiger partial charge is 0.221 e. The Labute approximate surface area is 129 Å². The van der Waals surface area contributed by atoms with Gasteiger partial charge in [-0.3, -0.25) is 4.79 Å². The third-order valence-corrected chi connectivity index (χ3v) is 3.21. The van der Waals surface area contributed by atoms with Gasteiger partial charge in [0, 0.05) is 6.42 Å². The summed E-state index contributed by atoms with van der Waals surface area (Å²) >= 11 is 5.28. The van der Waals surface area contributed by atoms with Crippen molar-refractivity contribution in [2.24, 2.45) is 0 Å². The van der Waals surface area contributed by atoms with Crippen LogP contribution in [0.15, 0.2) is 36.5 Å². The molecule has 20 heavy (non-hydrogen) atoms. The van der Waals surface area contributed by atoms with Crippen LogP contribution in [-0.2, 0) is 4.79 Å².